The number of rotatable bonds is 3. The van der Waals surface area contributed by atoms with E-state index in [0.29, 0.717) is 17.7 Å². The average molecular weight is 355 g/mol. The van der Waals surface area contributed by atoms with E-state index in [2.05, 4.69) is 4.99 Å². The Labute approximate surface area is 150 Å². The normalized spacial score (nSPS) is 17.5. The van der Waals surface area contributed by atoms with Crippen molar-refractivity contribution < 1.29 is 18.7 Å². The van der Waals surface area contributed by atoms with Crippen molar-refractivity contribution in [2.24, 2.45) is 10.4 Å². The first-order valence-corrected chi connectivity index (χ1v) is 8.31. The standard InChI is InChI=1S/C21H19F2NO2/c1-21(2)11-17(25)19(18(26)12-21)20(13-4-3-5-15(23)10-13)24-16-8-6-14(22)7-9-16/h3-10,25H,11-12H2,1-2H3. The molecule has 0 aliphatic heterocycles. The van der Waals surface area contributed by atoms with Crippen molar-refractivity contribution in [1.29, 1.82) is 0 Å². The fourth-order valence-electron chi connectivity index (χ4n) is 3.10. The van der Waals surface area contributed by atoms with Gasteiger partial charge in [-0.2, -0.15) is 0 Å². The number of aliphatic imine (C=N–C) groups is 1. The van der Waals surface area contributed by atoms with Crippen LogP contribution in [0, 0.1) is 17.0 Å². The van der Waals surface area contributed by atoms with Gasteiger partial charge < -0.3 is 5.11 Å². The third-order valence-corrected chi connectivity index (χ3v) is 4.25. The Bertz CT molecular complexity index is 912. The van der Waals surface area contributed by atoms with Gasteiger partial charge in [-0.15, -0.1) is 0 Å². The van der Waals surface area contributed by atoms with Gasteiger partial charge in [-0.3, -0.25) is 4.79 Å². The fraction of sp³-hybridized carbons (Fsp3) is 0.238. The van der Waals surface area contributed by atoms with E-state index in [1.807, 2.05) is 13.8 Å². The van der Waals surface area contributed by atoms with Crippen molar-refractivity contribution in [3.63, 3.8) is 0 Å². The molecule has 0 radical (unpaired) electrons. The molecule has 2 aromatic carbocycles. The van der Waals surface area contributed by atoms with Crippen LogP contribution in [0.1, 0.15) is 32.3 Å². The van der Waals surface area contributed by atoms with Crippen molar-refractivity contribution >= 4 is 17.2 Å². The van der Waals surface area contributed by atoms with Crippen LogP contribution in [0.15, 0.2) is 64.9 Å². The highest BCUT2D eigenvalue weighted by atomic mass is 19.1. The van der Waals surface area contributed by atoms with E-state index in [0.717, 1.165) is 0 Å². The number of benzene rings is 2. The van der Waals surface area contributed by atoms with Crippen molar-refractivity contribution in [3.8, 4) is 0 Å². The zero-order chi connectivity index (χ0) is 18.9. The van der Waals surface area contributed by atoms with Crippen LogP contribution in [0.5, 0.6) is 0 Å². The zero-order valence-electron chi connectivity index (χ0n) is 14.6. The van der Waals surface area contributed by atoms with Crippen LogP contribution in [0.4, 0.5) is 14.5 Å². The summed E-state index contributed by atoms with van der Waals surface area (Å²) in [6.45, 7) is 3.80. The summed E-state index contributed by atoms with van der Waals surface area (Å²) in [4.78, 5) is 17.1. The van der Waals surface area contributed by atoms with Gasteiger partial charge in [-0.25, -0.2) is 13.8 Å². The topological polar surface area (TPSA) is 49.7 Å². The Balaban J connectivity index is 2.18. The molecule has 0 atom stereocenters. The van der Waals surface area contributed by atoms with Gasteiger partial charge in [0.1, 0.15) is 17.4 Å². The SMILES string of the molecule is CC1(C)CC(=O)C(C(=Nc2ccc(F)cc2)c2cccc(F)c2)=C(O)C1. The molecule has 3 rings (SSSR count). The lowest BCUT2D eigenvalue weighted by Gasteiger charge is -2.30. The van der Waals surface area contributed by atoms with E-state index < -0.39 is 11.6 Å². The predicted molar refractivity (Wildman–Crippen MR) is 96.7 cm³/mol. The van der Waals surface area contributed by atoms with E-state index in [9.17, 15) is 18.7 Å². The molecule has 0 saturated carbocycles. The first-order valence-electron chi connectivity index (χ1n) is 8.31. The van der Waals surface area contributed by atoms with Gasteiger partial charge in [0.25, 0.3) is 0 Å². The lowest BCUT2D eigenvalue weighted by atomic mass is 9.75. The number of aliphatic hydroxyl groups is 1. The maximum absolute atomic E-state index is 13.7. The maximum Gasteiger partial charge on any atom is 0.168 e. The average Bonchev–Trinajstić information content (AvgIpc) is 2.54. The van der Waals surface area contributed by atoms with Crippen LogP contribution in [-0.4, -0.2) is 16.6 Å². The number of nitrogens with zero attached hydrogens (tertiary/aromatic N) is 1. The quantitative estimate of drug-likeness (QED) is 0.761. The molecule has 0 heterocycles. The Kier molecular flexibility index (Phi) is 4.72. The largest absolute Gasteiger partial charge is 0.511 e. The van der Waals surface area contributed by atoms with Gasteiger partial charge in [0, 0.05) is 18.4 Å². The van der Waals surface area contributed by atoms with E-state index >= 15 is 0 Å². The number of hydrogen-bond acceptors (Lipinski definition) is 3. The highest BCUT2D eigenvalue weighted by Crippen LogP contribution is 2.37. The summed E-state index contributed by atoms with van der Waals surface area (Å²) in [6, 6.07) is 11.1. The molecule has 0 unspecified atom stereocenters. The van der Waals surface area contributed by atoms with Crippen molar-refractivity contribution in [2.75, 3.05) is 0 Å². The van der Waals surface area contributed by atoms with Crippen molar-refractivity contribution in [1.82, 2.24) is 0 Å². The highest BCUT2D eigenvalue weighted by Gasteiger charge is 2.35. The number of hydrogen-bond donors (Lipinski definition) is 1. The van der Waals surface area contributed by atoms with Gasteiger partial charge >= 0.3 is 0 Å². The van der Waals surface area contributed by atoms with Gasteiger partial charge in [0.15, 0.2) is 5.78 Å². The first-order chi connectivity index (χ1) is 12.2. The minimum absolute atomic E-state index is 0.0589. The number of allylic oxidation sites excluding steroid dienone is 2. The maximum atomic E-state index is 13.7. The molecule has 0 saturated heterocycles. The second-order valence-corrected chi connectivity index (χ2v) is 7.21. The predicted octanol–water partition coefficient (Wildman–Crippen LogP) is 5.29. The van der Waals surface area contributed by atoms with E-state index in [-0.39, 0.29) is 34.7 Å². The van der Waals surface area contributed by atoms with Crippen molar-refractivity contribution in [3.05, 3.63) is 77.1 Å². The number of ketones is 1. The summed E-state index contributed by atoms with van der Waals surface area (Å²) in [5.74, 6) is -1.19. The van der Waals surface area contributed by atoms with E-state index in [1.165, 1.54) is 42.5 Å². The molecular weight excluding hydrogens is 336 g/mol. The lowest BCUT2D eigenvalue weighted by Crippen LogP contribution is -2.29. The van der Waals surface area contributed by atoms with Gasteiger partial charge in [-0.1, -0.05) is 26.0 Å². The summed E-state index contributed by atoms with van der Waals surface area (Å²) < 4.78 is 26.9. The lowest BCUT2D eigenvalue weighted by molar-refractivity contribution is -0.117. The second kappa shape index (κ2) is 6.83. The minimum atomic E-state index is -0.474. The monoisotopic (exact) mass is 355 g/mol. The summed E-state index contributed by atoms with van der Waals surface area (Å²) in [5, 5.41) is 10.5. The van der Waals surface area contributed by atoms with Crippen LogP contribution < -0.4 is 0 Å². The number of Topliss-reactive ketones (excluding diaryl/α,β-unsaturated/α-hetero) is 1. The molecule has 26 heavy (non-hydrogen) atoms. The Morgan fingerprint density at radius 3 is 2.35 bits per heavy atom. The molecule has 2 aromatic rings. The van der Waals surface area contributed by atoms with Gasteiger partial charge in [0.05, 0.1) is 17.0 Å². The molecule has 0 spiro atoms. The smallest absolute Gasteiger partial charge is 0.168 e. The van der Waals surface area contributed by atoms with Crippen LogP contribution in [-0.2, 0) is 4.79 Å². The summed E-state index contributed by atoms with van der Waals surface area (Å²) in [6.07, 6.45) is 0.579. The molecule has 0 bridgehead atoms. The number of aliphatic hydroxyl groups excluding tert-OH is 1. The molecule has 0 fully saturated rings. The van der Waals surface area contributed by atoms with Gasteiger partial charge in [-0.05, 0) is 41.8 Å². The van der Waals surface area contributed by atoms with Crippen LogP contribution in [0.25, 0.3) is 0 Å². The summed E-state index contributed by atoms with van der Waals surface area (Å²) >= 11 is 0. The summed E-state index contributed by atoms with van der Waals surface area (Å²) in [7, 11) is 0. The first kappa shape index (κ1) is 18.0. The molecule has 5 heteroatoms. The molecule has 0 aromatic heterocycles. The molecule has 1 N–H and O–H groups in total. The fourth-order valence-corrected chi connectivity index (χ4v) is 3.10. The number of carbonyl (C=O) groups is 1. The molecule has 134 valence electrons. The third-order valence-electron chi connectivity index (χ3n) is 4.25. The molecular formula is C21H19F2NO2. The van der Waals surface area contributed by atoms with Crippen LogP contribution in [0.2, 0.25) is 0 Å². The minimum Gasteiger partial charge on any atom is -0.511 e. The molecule has 3 nitrogen and oxygen atoms in total. The van der Waals surface area contributed by atoms with Crippen molar-refractivity contribution in [2.45, 2.75) is 26.7 Å². The highest BCUT2D eigenvalue weighted by molar-refractivity contribution is 6.29. The Morgan fingerprint density at radius 1 is 1.04 bits per heavy atom. The van der Waals surface area contributed by atoms with E-state index in [1.54, 1.807) is 6.07 Å². The van der Waals surface area contributed by atoms with Gasteiger partial charge in [0.2, 0.25) is 0 Å². The Hall–Kier alpha value is -2.82. The number of carbonyl (C=O) groups excluding carboxylic acids is 1. The third kappa shape index (κ3) is 3.87. The van der Waals surface area contributed by atoms with E-state index in [4.69, 9.17) is 0 Å². The van der Waals surface area contributed by atoms with Crippen LogP contribution >= 0.6 is 0 Å². The van der Waals surface area contributed by atoms with Crippen LogP contribution in [0.3, 0.4) is 0 Å². The second-order valence-electron chi connectivity index (χ2n) is 7.21. The summed E-state index contributed by atoms with van der Waals surface area (Å²) in [5.41, 5.74) is 0.717. The molecule has 1 aliphatic carbocycles. The molecule has 1 aliphatic rings. The molecule has 0 amide bonds. The number of halogens is 2. The Morgan fingerprint density at radius 2 is 1.73 bits per heavy atom. The zero-order valence-corrected chi connectivity index (χ0v) is 14.6.